The van der Waals surface area contributed by atoms with E-state index in [0.29, 0.717) is 5.75 Å². The fourth-order valence-electron chi connectivity index (χ4n) is 1.99. The summed E-state index contributed by atoms with van der Waals surface area (Å²) >= 11 is 0. The molecule has 0 amide bonds. The maximum Gasteiger partial charge on any atom is 0.128 e. The molecule has 2 aromatic carbocycles. The van der Waals surface area contributed by atoms with Gasteiger partial charge in [-0.15, -0.1) is 0 Å². The van der Waals surface area contributed by atoms with E-state index in [1.54, 1.807) is 31.2 Å². The molecular formula is C16H17F2NO2. The molecule has 0 heterocycles. The molecule has 1 atom stereocenters. The predicted molar refractivity (Wildman–Crippen MR) is 77.4 cm³/mol. The van der Waals surface area contributed by atoms with Crippen molar-refractivity contribution in [2.75, 3.05) is 18.5 Å². The first-order chi connectivity index (χ1) is 10.1. The van der Waals surface area contributed by atoms with E-state index in [1.807, 2.05) is 0 Å². The van der Waals surface area contributed by atoms with Crippen LogP contribution in [0, 0.1) is 11.6 Å². The van der Waals surface area contributed by atoms with E-state index in [1.165, 1.54) is 6.07 Å². The molecule has 0 fully saturated rings. The summed E-state index contributed by atoms with van der Waals surface area (Å²) in [6.45, 7) is 1.95. The molecule has 0 aromatic heterocycles. The third kappa shape index (κ3) is 4.16. The number of nitrogens with one attached hydrogen (secondary N) is 1. The first-order valence-electron chi connectivity index (χ1n) is 6.65. The highest BCUT2D eigenvalue weighted by atomic mass is 19.1. The fourth-order valence-corrected chi connectivity index (χ4v) is 1.99. The molecule has 0 bridgehead atoms. The van der Waals surface area contributed by atoms with Gasteiger partial charge in [-0.1, -0.05) is 0 Å². The molecule has 0 radical (unpaired) electrons. The SMILES string of the molecule is CC(Nc1ccc(OCCO)cc1)c1cc(F)ccc1F. The van der Waals surface area contributed by atoms with Crippen molar-refractivity contribution in [1.29, 1.82) is 0 Å². The highest BCUT2D eigenvalue weighted by Crippen LogP contribution is 2.24. The highest BCUT2D eigenvalue weighted by Gasteiger charge is 2.12. The quantitative estimate of drug-likeness (QED) is 0.856. The standard InChI is InChI=1S/C16H17F2NO2/c1-11(15-10-12(17)2-7-16(15)18)19-13-3-5-14(6-4-13)21-9-8-20/h2-7,10-11,19-20H,8-9H2,1H3. The first-order valence-corrected chi connectivity index (χ1v) is 6.65. The number of benzene rings is 2. The smallest absolute Gasteiger partial charge is 0.128 e. The van der Waals surface area contributed by atoms with Gasteiger partial charge in [0.25, 0.3) is 0 Å². The predicted octanol–water partition coefficient (Wildman–Crippen LogP) is 3.51. The van der Waals surface area contributed by atoms with Crippen molar-refractivity contribution >= 4 is 5.69 Å². The summed E-state index contributed by atoms with van der Waals surface area (Å²) in [6.07, 6.45) is 0. The third-order valence-corrected chi connectivity index (χ3v) is 3.02. The number of aliphatic hydroxyl groups excluding tert-OH is 1. The first kappa shape index (κ1) is 15.3. The van der Waals surface area contributed by atoms with Crippen LogP contribution in [0.1, 0.15) is 18.5 Å². The van der Waals surface area contributed by atoms with Crippen LogP contribution < -0.4 is 10.1 Å². The normalized spacial score (nSPS) is 12.0. The van der Waals surface area contributed by atoms with Crippen molar-refractivity contribution in [2.45, 2.75) is 13.0 Å². The molecule has 1 unspecified atom stereocenters. The number of halogens is 2. The maximum absolute atomic E-state index is 13.7. The van der Waals surface area contributed by atoms with E-state index in [9.17, 15) is 8.78 Å². The number of aliphatic hydroxyl groups is 1. The van der Waals surface area contributed by atoms with Crippen LogP contribution in [0.15, 0.2) is 42.5 Å². The Balaban J connectivity index is 2.05. The second kappa shape index (κ2) is 7.04. The average molecular weight is 293 g/mol. The number of rotatable bonds is 6. The van der Waals surface area contributed by atoms with Gasteiger partial charge in [-0.3, -0.25) is 0 Å². The molecule has 0 saturated carbocycles. The van der Waals surface area contributed by atoms with E-state index in [4.69, 9.17) is 9.84 Å². The zero-order valence-electron chi connectivity index (χ0n) is 11.6. The topological polar surface area (TPSA) is 41.5 Å². The molecule has 2 rings (SSSR count). The number of anilines is 1. The Hall–Kier alpha value is -2.14. The minimum atomic E-state index is -0.465. The van der Waals surface area contributed by atoms with E-state index in [0.717, 1.165) is 17.8 Å². The van der Waals surface area contributed by atoms with Crippen LogP contribution >= 0.6 is 0 Å². The van der Waals surface area contributed by atoms with E-state index in [2.05, 4.69) is 5.32 Å². The fraction of sp³-hybridized carbons (Fsp3) is 0.250. The molecule has 3 nitrogen and oxygen atoms in total. The lowest BCUT2D eigenvalue weighted by atomic mass is 10.1. The van der Waals surface area contributed by atoms with Crippen LogP contribution in [-0.2, 0) is 0 Å². The Morgan fingerprint density at radius 2 is 1.86 bits per heavy atom. The van der Waals surface area contributed by atoms with Crippen LogP contribution in [-0.4, -0.2) is 18.3 Å². The molecule has 21 heavy (non-hydrogen) atoms. The Kier molecular flexibility index (Phi) is 5.11. The second-order valence-electron chi connectivity index (χ2n) is 4.63. The van der Waals surface area contributed by atoms with Gasteiger partial charge in [0.15, 0.2) is 0 Å². The third-order valence-electron chi connectivity index (χ3n) is 3.02. The van der Waals surface area contributed by atoms with Crippen molar-refractivity contribution in [1.82, 2.24) is 0 Å². The molecule has 0 spiro atoms. The summed E-state index contributed by atoms with van der Waals surface area (Å²) in [5.41, 5.74) is 1.04. The molecule has 0 aliphatic heterocycles. The van der Waals surface area contributed by atoms with Crippen molar-refractivity contribution < 1.29 is 18.6 Å². The Bertz CT molecular complexity index is 587. The zero-order chi connectivity index (χ0) is 15.2. The van der Waals surface area contributed by atoms with Crippen molar-refractivity contribution in [3.63, 3.8) is 0 Å². The Morgan fingerprint density at radius 3 is 2.52 bits per heavy atom. The maximum atomic E-state index is 13.7. The number of ether oxygens (including phenoxy) is 1. The van der Waals surface area contributed by atoms with Crippen molar-refractivity contribution in [2.24, 2.45) is 0 Å². The molecule has 2 aromatic rings. The molecule has 0 aliphatic carbocycles. The largest absolute Gasteiger partial charge is 0.491 e. The summed E-state index contributed by atoms with van der Waals surface area (Å²) in [7, 11) is 0. The summed E-state index contributed by atoms with van der Waals surface area (Å²) < 4.78 is 32.1. The minimum Gasteiger partial charge on any atom is -0.491 e. The second-order valence-corrected chi connectivity index (χ2v) is 4.63. The number of hydrogen-bond donors (Lipinski definition) is 2. The van der Waals surface area contributed by atoms with Gasteiger partial charge in [0.05, 0.1) is 12.6 Å². The number of hydrogen-bond acceptors (Lipinski definition) is 3. The summed E-state index contributed by atoms with van der Waals surface area (Å²) in [4.78, 5) is 0. The van der Waals surface area contributed by atoms with E-state index >= 15 is 0 Å². The van der Waals surface area contributed by atoms with Crippen LogP contribution in [0.25, 0.3) is 0 Å². The lowest BCUT2D eigenvalue weighted by molar-refractivity contribution is 0.201. The Labute approximate surface area is 122 Å². The van der Waals surface area contributed by atoms with Crippen LogP contribution in [0.2, 0.25) is 0 Å². The lowest BCUT2D eigenvalue weighted by Gasteiger charge is -2.17. The van der Waals surface area contributed by atoms with Gasteiger partial charge >= 0.3 is 0 Å². The van der Waals surface area contributed by atoms with Crippen LogP contribution in [0.3, 0.4) is 0 Å². The molecule has 112 valence electrons. The van der Waals surface area contributed by atoms with E-state index in [-0.39, 0.29) is 24.8 Å². The van der Waals surface area contributed by atoms with Gasteiger partial charge in [0.2, 0.25) is 0 Å². The van der Waals surface area contributed by atoms with Crippen molar-refractivity contribution in [3.8, 4) is 5.75 Å². The van der Waals surface area contributed by atoms with Crippen LogP contribution in [0.4, 0.5) is 14.5 Å². The minimum absolute atomic E-state index is 0.0458. The Morgan fingerprint density at radius 1 is 1.14 bits per heavy atom. The van der Waals surface area contributed by atoms with Crippen molar-refractivity contribution in [3.05, 3.63) is 59.7 Å². The molecule has 5 heteroatoms. The summed E-state index contributed by atoms with van der Waals surface area (Å²) in [5, 5.41) is 11.8. The van der Waals surface area contributed by atoms with Crippen LogP contribution in [0.5, 0.6) is 5.75 Å². The molecule has 2 N–H and O–H groups in total. The van der Waals surface area contributed by atoms with Gasteiger partial charge in [0, 0.05) is 11.3 Å². The average Bonchev–Trinajstić information content (AvgIpc) is 2.49. The molecular weight excluding hydrogens is 276 g/mol. The monoisotopic (exact) mass is 293 g/mol. The van der Waals surface area contributed by atoms with Gasteiger partial charge in [0.1, 0.15) is 24.0 Å². The lowest BCUT2D eigenvalue weighted by Crippen LogP contribution is -2.09. The van der Waals surface area contributed by atoms with Gasteiger partial charge in [-0.2, -0.15) is 0 Å². The highest BCUT2D eigenvalue weighted by molar-refractivity contribution is 5.48. The van der Waals surface area contributed by atoms with E-state index < -0.39 is 11.6 Å². The van der Waals surface area contributed by atoms with Gasteiger partial charge < -0.3 is 15.2 Å². The zero-order valence-corrected chi connectivity index (χ0v) is 11.6. The summed E-state index contributed by atoms with van der Waals surface area (Å²) in [6, 6.07) is 10.1. The molecule has 0 saturated heterocycles. The van der Waals surface area contributed by atoms with Gasteiger partial charge in [-0.05, 0) is 49.4 Å². The summed E-state index contributed by atoms with van der Waals surface area (Å²) in [5.74, 6) is -0.272. The van der Waals surface area contributed by atoms with Gasteiger partial charge in [-0.25, -0.2) is 8.78 Å². The molecule has 0 aliphatic rings.